The van der Waals surface area contributed by atoms with E-state index in [1.807, 2.05) is 31.2 Å². The van der Waals surface area contributed by atoms with Gasteiger partial charge in [-0.3, -0.25) is 0 Å². The van der Waals surface area contributed by atoms with Crippen LogP contribution >= 0.6 is 43.5 Å². The van der Waals surface area contributed by atoms with Gasteiger partial charge in [0.25, 0.3) is 0 Å². The van der Waals surface area contributed by atoms with E-state index in [0.29, 0.717) is 5.02 Å². The molecule has 5 heteroatoms. The third-order valence-corrected chi connectivity index (χ3v) is 3.96. The Bertz CT molecular complexity index is 558. The Morgan fingerprint density at radius 3 is 2.59 bits per heavy atom. The van der Waals surface area contributed by atoms with Crippen LogP contribution in [0.5, 0.6) is 0 Å². The van der Waals surface area contributed by atoms with Gasteiger partial charge in [-0.05, 0) is 68.6 Å². The number of hydrogen-bond acceptors (Lipinski definition) is 2. The maximum absolute atomic E-state index is 5.89. The van der Waals surface area contributed by atoms with E-state index >= 15 is 0 Å². The van der Waals surface area contributed by atoms with E-state index in [4.69, 9.17) is 11.6 Å². The Hall–Kier alpha value is -0.580. The van der Waals surface area contributed by atoms with Crippen LogP contribution in [0.3, 0.4) is 0 Å². The van der Waals surface area contributed by atoms with Crippen LogP contribution in [0.4, 0.5) is 11.5 Å². The summed E-state index contributed by atoms with van der Waals surface area (Å²) in [5.41, 5.74) is 2.07. The van der Waals surface area contributed by atoms with Crippen molar-refractivity contribution in [3.05, 3.63) is 50.0 Å². The Morgan fingerprint density at radius 1 is 1.18 bits per heavy atom. The molecule has 1 heterocycles. The highest BCUT2D eigenvalue weighted by molar-refractivity contribution is 9.10. The molecule has 0 atom stereocenters. The Balaban J connectivity index is 2.28. The van der Waals surface area contributed by atoms with Gasteiger partial charge in [0, 0.05) is 20.2 Å². The van der Waals surface area contributed by atoms with Gasteiger partial charge in [-0.1, -0.05) is 11.6 Å². The molecule has 0 bridgehead atoms. The lowest BCUT2D eigenvalue weighted by Crippen LogP contribution is -1.95. The average molecular weight is 376 g/mol. The Labute approximate surface area is 122 Å². The zero-order chi connectivity index (χ0) is 12.4. The van der Waals surface area contributed by atoms with Crippen LogP contribution in [0.1, 0.15) is 5.56 Å². The second-order valence-electron chi connectivity index (χ2n) is 3.57. The van der Waals surface area contributed by atoms with Crippen molar-refractivity contribution in [1.82, 2.24) is 4.98 Å². The first-order valence-corrected chi connectivity index (χ1v) is 6.87. The van der Waals surface area contributed by atoms with E-state index in [2.05, 4.69) is 42.2 Å². The van der Waals surface area contributed by atoms with E-state index in [-0.39, 0.29) is 0 Å². The lowest BCUT2D eigenvalue weighted by Gasteiger charge is -2.09. The molecule has 0 saturated heterocycles. The molecule has 88 valence electrons. The van der Waals surface area contributed by atoms with Crippen LogP contribution in [-0.2, 0) is 0 Å². The molecule has 1 N–H and O–H groups in total. The molecule has 0 fully saturated rings. The lowest BCUT2D eigenvalue weighted by atomic mass is 10.3. The van der Waals surface area contributed by atoms with Gasteiger partial charge in [0.2, 0.25) is 0 Å². The number of anilines is 2. The van der Waals surface area contributed by atoms with Crippen molar-refractivity contribution in [2.24, 2.45) is 0 Å². The van der Waals surface area contributed by atoms with Gasteiger partial charge in [-0.25, -0.2) is 4.98 Å². The largest absolute Gasteiger partial charge is 0.339 e. The molecule has 1 aromatic carbocycles. The van der Waals surface area contributed by atoms with Crippen LogP contribution < -0.4 is 5.32 Å². The van der Waals surface area contributed by atoms with Crippen molar-refractivity contribution in [1.29, 1.82) is 0 Å². The molecule has 0 aliphatic heterocycles. The van der Waals surface area contributed by atoms with Crippen LogP contribution in [0.2, 0.25) is 5.02 Å². The fourth-order valence-electron chi connectivity index (χ4n) is 1.34. The normalized spacial score (nSPS) is 10.4. The quantitative estimate of drug-likeness (QED) is 0.768. The summed E-state index contributed by atoms with van der Waals surface area (Å²) in [6, 6.07) is 7.56. The van der Waals surface area contributed by atoms with Crippen molar-refractivity contribution >= 4 is 55.0 Å². The molecule has 2 aromatic rings. The number of pyridine rings is 1. The molecule has 0 saturated carbocycles. The molecule has 1 aromatic heterocycles. The first-order chi connectivity index (χ1) is 8.06. The summed E-state index contributed by atoms with van der Waals surface area (Å²) in [6.07, 6.45) is 1.78. The number of hydrogen-bond donors (Lipinski definition) is 1. The molecule has 2 nitrogen and oxygen atoms in total. The van der Waals surface area contributed by atoms with Gasteiger partial charge in [-0.15, -0.1) is 0 Å². The molecule has 2 rings (SSSR count). The fourth-order valence-corrected chi connectivity index (χ4v) is 2.34. The number of nitrogens with one attached hydrogen (secondary N) is 1. The smallest absolute Gasteiger partial charge is 0.130 e. The van der Waals surface area contributed by atoms with Crippen molar-refractivity contribution in [2.45, 2.75) is 6.92 Å². The van der Waals surface area contributed by atoms with E-state index in [9.17, 15) is 0 Å². The SMILES string of the molecule is Cc1cc(Nc2ccc(Cl)cc2Br)ncc1Br. The zero-order valence-electron chi connectivity index (χ0n) is 8.97. The topological polar surface area (TPSA) is 24.9 Å². The minimum Gasteiger partial charge on any atom is -0.339 e. The maximum atomic E-state index is 5.89. The monoisotopic (exact) mass is 374 g/mol. The van der Waals surface area contributed by atoms with E-state index in [1.54, 1.807) is 6.20 Å². The molecule has 0 amide bonds. The summed E-state index contributed by atoms with van der Waals surface area (Å²) < 4.78 is 1.91. The van der Waals surface area contributed by atoms with Gasteiger partial charge < -0.3 is 5.32 Å². The average Bonchev–Trinajstić information content (AvgIpc) is 2.27. The minimum absolute atomic E-state index is 0.697. The van der Waals surface area contributed by atoms with Gasteiger partial charge in [0.05, 0.1) is 5.69 Å². The number of nitrogens with zero attached hydrogens (tertiary/aromatic N) is 1. The molecule has 0 spiro atoms. The second-order valence-corrected chi connectivity index (χ2v) is 5.71. The standard InChI is InChI=1S/C12H9Br2ClN2/c1-7-4-12(16-6-10(7)14)17-11-3-2-8(15)5-9(11)13/h2-6H,1H3,(H,16,17). The van der Waals surface area contributed by atoms with Crippen molar-refractivity contribution < 1.29 is 0 Å². The van der Waals surface area contributed by atoms with Crippen LogP contribution in [-0.4, -0.2) is 4.98 Å². The van der Waals surface area contributed by atoms with Crippen molar-refractivity contribution in [2.75, 3.05) is 5.32 Å². The number of aromatic nitrogens is 1. The molecule has 0 unspecified atom stereocenters. The summed E-state index contributed by atoms with van der Waals surface area (Å²) in [5.74, 6) is 0.800. The first kappa shape index (κ1) is 12.9. The third kappa shape index (κ3) is 3.21. The van der Waals surface area contributed by atoms with Gasteiger partial charge in [0.15, 0.2) is 0 Å². The van der Waals surface area contributed by atoms with Crippen molar-refractivity contribution in [3.8, 4) is 0 Å². The van der Waals surface area contributed by atoms with E-state index in [1.165, 1.54) is 0 Å². The van der Waals surface area contributed by atoms with E-state index < -0.39 is 0 Å². The highest BCUT2D eigenvalue weighted by Gasteiger charge is 2.03. The summed E-state index contributed by atoms with van der Waals surface area (Å²) in [5, 5.41) is 3.93. The van der Waals surface area contributed by atoms with E-state index in [0.717, 1.165) is 26.0 Å². The second kappa shape index (κ2) is 5.38. The number of aryl methyl sites for hydroxylation is 1. The van der Waals surface area contributed by atoms with Crippen LogP contribution in [0.15, 0.2) is 39.4 Å². The Morgan fingerprint density at radius 2 is 1.94 bits per heavy atom. The fraction of sp³-hybridized carbons (Fsp3) is 0.0833. The molecule has 0 aliphatic rings. The summed E-state index contributed by atoms with van der Waals surface area (Å²) in [6.45, 7) is 2.02. The molecule has 0 aliphatic carbocycles. The predicted molar refractivity (Wildman–Crippen MR) is 79.1 cm³/mol. The van der Waals surface area contributed by atoms with Gasteiger partial charge >= 0.3 is 0 Å². The van der Waals surface area contributed by atoms with Crippen molar-refractivity contribution in [3.63, 3.8) is 0 Å². The molecule has 0 radical (unpaired) electrons. The first-order valence-electron chi connectivity index (χ1n) is 4.90. The molecular weight excluding hydrogens is 367 g/mol. The zero-order valence-corrected chi connectivity index (χ0v) is 12.9. The van der Waals surface area contributed by atoms with Crippen LogP contribution in [0.25, 0.3) is 0 Å². The van der Waals surface area contributed by atoms with Crippen LogP contribution in [0, 0.1) is 6.92 Å². The number of benzene rings is 1. The minimum atomic E-state index is 0.697. The Kier molecular flexibility index (Phi) is 4.07. The maximum Gasteiger partial charge on any atom is 0.130 e. The highest BCUT2D eigenvalue weighted by Crippen LogP contribution is 2.28. The van der Waals surface area contributed by atoms with Gasteiger partial charge in [0.1, 0.15) is 5.82 Å². The summed E-state index contributed by atoms with van der Waals surface area (Å²) in [4.78, 5) is 4.29. The number of halogens is 3. The van der Waals surface area contributed by atoms with Gasteiger partial charge in [-0.2, -0.15) is 0 Å². The summed E-state index contributed by atoms with van der Waals surface area (Å²) in [7, 11) is 0. The lowest BCUT2D eigenvalue weighted by molar-refractivity contribution is 1.25. The molecular formula is C12H9Br2ClN2. The molecule has 17 heavy (non-hydrogen) atoms. The third-order valence-electron chi connectivity index (χ3n) is 2.24. The highest BCUT2D eigenvalue weighted by atomic mass is 79.9. The summed E-state index contributed by atoms with van der Waals surface area (Å²) >= 11 is 12.8. The number of rotatable bonds is 2. The predicted octanol–water partition coefficient (Wildman–Crippen LogP) is 5.31.